The average Bonchev–Trinajstić information content (AvgIpc) is 3.41. The first kappa shape index (κ1) is 21.3. The number of aromatic nitrogens is 5. The summed E-state index contributed by atoms with van der Waals surface area (Å²) in [6, 6.07) is 4.07. The predicted octanol–water partition coefficient (Wildman–Crippen LogP) is 3.82. The molecule has 4 aromatic rings. The lowest BCUT2D eigenvalue weighted by atomic mass is 10.1. The fourth-order valence-corrected chi connectivity index (χ4v) is 5.09. The van der Waals surface area contributed by atoms with Crippen LogP contribution in [-0.4, -0.2) is 53.3 Å². The Morgan fingerprint density at radius 2 is 1.94 bits per heavy atom. The molecule has 0 radical (unpaired) electrons. The normalized spacial score (nSPS) is 18.5. The number of rotatable bonds is 4. The first-order valence-corrected chi connectivity index (χ1v) is 11.3. The number of pyridine rings is 1. The van der Waals surface area contributed by atoms with Gasteiger partial charge in [0.25, 0.3) is 0 Å². The topological polar surface area (TPSA) is 85.4 Å². The highest BCUT2D eigenvalue weighted by Crippen LogP contribution is 2.30. The van der Waals surface area contributed by atoms with Gasteiger partial charge in [-0.3, -0.25) is 14.6 Å². The summed E-state index contributed by atoms with van der Waals surface area (Å²) >= 11 is 0. The van der Waals surface area contributed by atoms with Gasteiger partial charge < -0.3 is 9.47 Å². The van der Waals surface area contributed by atoms with Gasteiger partial charge in [0.1, 0.15) is 6.54 Å². The zero-order valence-corrected chi connectivity index (χ0v) is 19.7. The summed E-state index contributed by atoms with van der Waals surface area (Å²) in [6.07, 6.45) is 6.49. The van der Waals surface area contributed by atoms with Crippen molar-refractivity contribution in [3.8, 4) is 11.3 Å². The summed E-state index contributed by atoms with van der Waals surface area (Å²) in [5.41, 5.74) is 5.38. The number of aryl methyl sites for hydroxylation is 2. The molecule has 0 saturated carbocycles. The molecule has 1 fully saturated rings. The van der Waals surface area contributed by atoms with E-state index in [0.717, 1.165) is 52.2 Å². The Morgan fingerprint density at radius 1 is 1.15 bits per heavy atom. The minimum absolute atomic E-state index is 0.0396. The number of hydrogen-bond donors (Lipinski definition) is 0. The van der Waals surface area contributed by atoms with Crippen molar-refractivity contribution < 1.29 is 9.59 Å². The van der Waals surface area contributed by atoms with Gasteiger partial charge >= 0.3 is 0 Å². The molecular weight excluding hydrogens is 416 g/mol. The molecule has 1 aliphatic rings. The number of carbonyl (C=O) groups excluding carboxylic acids is 2. The van der Waals surface area contributed by atoms with Gasteiger partial charge in [0, 0.05) is 53.8 Å². The molecule has 1 aliphatic heterocycles. The van der Waals surface area contributed by atoms with E-state index in [1.165, 1.54) is 0 Å². The zero-order chi connectivity index (χ0) is 23.4. The Morgan fingerprint density at radius 3 is 2.64 bits per heavy atom. The smallest absolute Gasteiger partial charge is 0.242 e. The van der Waals surface area contributed by atoms with Gasteiger partial charge in [-0.2, -0.15) is 5.10 Å². The van der Waals surface area contributed by atoms with E-state index in [-0.39, 0.29) is 24.3 Å². The molecule has 0 aliphatic carbocycles. The highest BCUT2D eigenvalue weighted by Gasteiger charge is 2.30. The maximum atomic E-state index is 13.1. The largest absolute Gasteiger partial charge is 0.338 e. The number of fused-ring (bicyclic) bond motifs is 2. The van der Waals surface area contributed by atoms with Gasteiger partial charge in [-0.15, -0.1) is 0 Å². The zero-order valence-electron chi connectivity index (χ0n) is 19.7. The lowest BCUT2D eigenvalue weighted by Crippen LogP contribution is -2.36. The molecule has 8 nitrogen and oxygen atoms in total. The van der Waals surface area contributed by atoms with Crippen molar-refractivity contribution in [2.45, 2.75) is 53.6 Å². The Balaban J connectivity index is 1.58. The summed E-state index contributed by atoms with van der Waals surface area (Å²) in [7, 11) is 0. The molecule has 33 heavy (non-hydrogen) atoms. The minimum atomic E-state index is -0.0396. The second-order valence-corrected chi connectivity index (χ2v) is 9.38. The first-order valence-electron chi connectivity index (χ1n) is 11.3. The van der Waals surface area contributed by atoms with E-state index >= 15 is 0 Å². The summed E-state index contributed by atoms with van der Waals surface area (Å²) < 4.78 is 3.62. The average molecular weight is 445 g/mol. The van der Waals surface area contributed by atoms with Crippen LogP contribution in [0.5, 0.6) is 0 Å². The quantitative estimate of drug-likeness (QED) is 0.447. The lowest BCUT2D eigenvalue weighted by Gasteiger charge is -2.22. The Hall–Kier alpha value is -3.55. The summed E-state index contributed by atoms with van der Waals surface area (Å²) in [5.74, 6) is 0.543. The molecule has 0 spiro atoms. The van der Waals surface area contributed by atoms with Crippen LogP contribution in [0.15, 0.2) is 30.7 Å². The third-order valence-electron chi connectivity index (χ3n) is 6.55. The van der Waals surface area contributed by atoms with Gasteiger partial charge in [0.15, 0.2) is 11.4 Å². The maximum Gasteiger partial charge on any atom is 0.242 e. The number of Topliss-reactive ketones (excluding diaryl/α,β-unsaturated/α-hetero) is 1. The van der Waals surface area contributed by atoms with E-state index in [2.05, 4.69) is 23.9 Å². The van der Waals surface area contributed by atoms with Crippen LogP contribution in [0.25, 0.3) is 27.8 Å². The van der Waals surface area contributed by atoms with E-state index < -0.39 is 0 Å². The second-order valence-electron chi connectivity index (χ2n) is 9.38. The van der Waals surface area contributed by atoms with Crippen molar-refractivity contribution in [1.82, 2.24) is 29.0 Å². The lowest BCUT2D eigenvalue weighted by molar-refractivity contribution is -0.132. The van der Waals surface area contributed by atoms with Gasteiger partial charge in [-0.05, 0) is 46.1 Å². The van der Waals surface area contributed by atoms with Crippen molar-refractivity contribution >= 4 is 28.2 Å². The number of nitrogens with zero attached hydrogens (tertiary/aromatic N) is 6. The van der Waals surface area contributed by atoms with E-state index in [4.69, 9.17) is 4.98 Å². The molecule has 170 valence electrons. The fourth-order valence-electron chi connectivity index (χ4n) is 5.09. The van der Waals surface area contributed by atoms with Crippen LogP contribution < -0.4 is 0 Å². The third kappa shape index (κ3) is 3.69. The maximum absolute atomic E-state index is 13.1. The van der Waals surface area contributed by atoms with Crippen LogP contribution in [0.2, 0.25) is 0 Å². The van der Waals surface area contributed by atoms with E-state index in [1.807, 2.05) is 41.6 Å². The highest BCUT2D eigenvalue weighted by molar-refractivity contribution is 6.08. The molecule has 2 unspecified atom stereocenters. The van der Waals surface area contributed by atoms with Crippen LogP contribution in [0, 0.1) is 19.8 Å². The van der Waals surface area contributed by atoms with Gasteiger partial charge in [0.2, 0.25) is 5.91 Å². The van der Waals surface area contributed by atoms with Crippen LogP contribution in [0.1, 0.15) is 48.9 Å². The molecule has 1 saturated heterocycles. The standard InChI is InChI=1S/C25H28N6O2/c1-14-6-16(3)30(10-14)24(33)13-29-12-21(18(5)32)20-8-22(27-17(4)25(20)29)19-9-26-23-7-15(2)28-31(23)11-19/h7-9,11-12,14,16H,6,10,13H2,1-5H3. The molecule has 5 heterocycles. The van der Waals surface area contributed by atoms with Crippen LogP contribution in [0.3, 0.4) is 0 Å². The van der Waals surface area contributed by atoms with Gasteiger partial charge in [-0.25, -0.2) is 9.50 Å². The third-order valence-corrected chi connectivity index (χ3v) is 6.55. The molecule has 2 atom stereocenters. The highest BCUT2D eigenvalue weighted by atomic mass is 16.2. The number of amides is 1. The molecule has 8 heteroatoms. The van der Waals surface area contributed by atoms with Crippen molar-refractivity contribution in [3.63, 3.8) is 0 Å². The van der Waals surface area contributed by atoms with E-state index in [9.17, 15) is 9.59 Å². The number of ketones is 1. The van der Waals surface area contributed by atoms with Crippen molar-refractivity contribution in [3.05, 3.63) is 47.7 Å². The predicted molar refractivity (Wildman–Crippen MR) is 126 cm³/mol. The molecule has 0 N–H and O–H groups in total. The minimum Gasteiger partial charge on any atom is -0.338 e. The van der Waals surface area contributed by atoms with E-state index in [0.29, 0.717) is 11.5 Å². The molecule has 0 bridgehead atoms. The van der Waals surface area contributed by atoms with Crippen molar-refractivity contribution in [1.29, 1.82) is 0 Å². The summed E-state index contributed by atoms with van der Waals surface area (Å²) in [6.45, 7) is 10.7. The molecule has 1 amide bonds. The van der Waals surface area contributed by atoms with E-state index in [1.54, 1.807) is 23.8 Å². The molecule has 0 aromatic carbocycles. The van der Waals surface area contributed by atoms with Crippen LogP contribution in [0.4, 0.5) is 0 Å². The first-order chi connectivity index (χ1) is 15.7. The van der Waals surface area contributed by atoms with Crippen molar-refractivity contribution in [2.75, 3.05) is 6.54 Å². The van der Waals surface area contributed by atoms with Crippen molar-refractivity contribution in [2.24, 2.45) is 5.92 Å². The summed E-state index contributed by atoms with van der Waals surface area (Å²) in [5, 5.41) is 5.24. The second kappa shape index (κ2) is 7.79. The molecule has 5 rings (SSSR count). The number of carbonyl (C=O) groups is 2. The fraction of sp³-hybridized carbons (Fsp3) is 0.400. The number of likely N-dealkylation sites (tertiary alicyclic amines) is 1. The Labute approximate surface area is 192 Å². The molecular formula is C25H28N6O2. The van der Waals surface area contributed by atoms with Gasteiger partial charge in [-0.1, -0.05) is 6.92 Å². The Bertz CT molecular complexity index is 1420. The monoisotopic (exact) mass is 444 g/mol. The van der Waals surface area contributed by atoms with Crippen LogP contribution >= 0.6 is 0 Å². The van der Waals surface area contributed by atoms with Crippen LogP contribution in [-0.2, 0) is 11.3 Å². The summed E-state index contributed by atoms with van der Waals surface area (Å²) in [4.78, 5) is 36.8. The number of hydrogen-bond acceptors (Lipinski definition) is 5. The molecule has 4 aromatic heterocycles. The Kier molecular flexibility index (Phi) is 5.03. The van der Waals surface area contributed by atoms with Gasteiger partial charge in [0.05, 0.1) is 22.6 Å². The SMILES string of the molecule is CC(=O)c1cn(CC(=O)N2CC(C)CC2C)c2c(C)nc(-c3cnc4cc(C)nn4c3)cc12.